The lowest BCUT2D eigenvalue weighted by Gasteiger charge is -2.30. The molecule has 2 aliphatic heterocycles. The van der Waals surface area contributed by atoms with Gasteiger partial charge < -0.3 is 19.1 Å². The third kappa shape index (κ3) is 4.28. The Kier molecular flexibility index (Phi) is 5.83. The van der Waals surface area contributed by atoms with Crippen molar-refractivity contribution in [2.75, 3.05) is 39.9 Å². The highest BCUT2D eigenvalue weighted by atomic mass is 16.5. The van der Waals surface area contributed by atoms with Gasteiger partial charge in [0.2, 0.25) is 0 Å². The predicted octanol–water partition coefficient (Wildman–Crippen LogP) is 1.80. The molecule has 1 aromatic heterocycles. The van der Waals surface area contributed by atoms with Crippen LogP contribution in [0.1, 0.15) is 21.5 Å². The molecule has 0 spiro atoms. The van der Waals surface area contributed by atoms with Gasteiger partial charge in [-0.3, -0.25) is 9.59 Å². The second kappa shape index (κ2) is 8.51. The van der Waals surface area contributed by atoms with Gasteiger partial charge in [-0.2, -0.15) is 0 Å². The molecule has 1 amide bonds. The Balaban J connectivity index is 1.60. The van der Waals surface area contributed by atoms with E-state index in [-0.39, 0.29) is 23.4 Å². The van der Waals surface area contributed by atoms with E-state index in [1.807, 2.05) is 36.1 Å². The summed E-state index contributed by atoms with van der Waals surface area (Å²) in [4.78, 5) is 30.9. The predicted molar refractivity (Wildman–Crippen MR) is 112 cm³/mol. The third-order valence-corrected chi connectivity index (χ3v) is 5.98. The quantitative estimate of drug-likeness (QED) is 0.792. The monoisotopic (exact) mass is 395 g/mol. The number of hydrogen-bond donors (Lipinski definition) is 0. The molecule has 3 heterocycles. The Morgan fingerprint density at radius 1 is 1.10 bits per heavy atom. The van der Waals surface area contributed by atoms with Crippen LogP contribution in [0.2, 0.25) is 0 Å². The van der Waals surface area contributed by atoms with Crippen LogP contribution in [-0.2, 0) is 17.7 Å². The average molecular weight is 396 g/mol. The first-order valence-corrected chi connectivity index (χ1v) is 10.3. The molecule has 2 aromatic rings. The summed E-state index contributed by atoms with van der Waals surface area (Å²) < 4.78 is 7.46. The maximum atomic E-state index is 13.5. The second-order valence-corrected chi connectivity index (χ2v) is 8.34. The summed E-state index contributed by atoms with van der Waals surface area (Å²) in [7, 11) is 2.09. The zero-order valence-electron chi connectivity index (χ0n) is 17.2. The number of benzene rings is 1. The van der Waals surface area contributed by atoms with Crippen LogP contribution in [0.4, 0.5) is 0 Å². The molecule has 0 unspecified atom stereocenters. The molecule has 0 saturated carbocycles. The molecule has 154 valence electrons. The standard InChI is InChI=1S/C23H29N3O3/c1-17-8-10-25(11-9-18-6-4-3-5-7-18)22(27)21(17)23(28)26-13-19-12-24(2)14-20(26)16-29-15-19/h3-8,10,19-20H,9,11-16H2,1-2H3/t19-,20-/m0/s1. The topological polar surface area (TPSA) is 54.8 Å². The van der Waals surface area contributed by atoms with Gasteiger partial charge in [0.15, 0.2) is 0 Å². The summed E-state index contributed by atoms with van der Waals surface area (Å²) in [5.41, 5.74) is 2.02. The Hall–Kier alpha value is -2.44. The van der Waals surface area contributed by atoms with Crippen LogP contribution >= 0.6 is 0 Å². The number of rotatable bonds is 4. The molecular weight excluding hydrogens is 366 g/mol. The van der Waals surface area contributed by atoms with E-state index in [0.29, 0.717) is 31.9 Å². The minimum absolute atomic E-state index is 0.0169. The smallest absolute Gasteiger partial charge is 0.263 e. The average Bonchev–Trinajstić information content (AvgIpc) is 2.98. The Labute approximate surface area is 171 Å². The largest absolute Gasteiger partial charge is 0.379 e. The molecule has 29 heavy (non-hydrogen) atoms. The Morgan fingerprint density at radius 2 is 1.90 bits per heavy atom. The molecule has 0 radical (unpaired) electrons. The lowest BCUT2D eigenvalue weighted by molar-refractivity contribution is 0.0481. The summed E-state index contributed by atoms with van der Waals surface area (Å²) in [6, 6.07) is 12.0. The van der Waals surface area contributed by atoms with Crippen LogP contribution in [0, 0.1) is 12.8 Å². The molecule has 6 heteroatoms. The van der Waals surface area contributed by atoms with Gasteiger partial charge in [0, 0.05) is 38.3 Å². The maximum absolute atomic E-state index is 13.5. The van der Waals surface area contributed by atoms with E-state index in [9.17, 15) is 9.59 Å². The molecule has 2 saturated heterocycles. The molecule has 2 bridgehead atoms. The van der Waals surface area contributed by atoms with E-state index < -0.39 is 0 Å². The highest BCUT2D eigenvalue weighted by Gasteiger charge is 2.36. The van der Waals surface area contributed by atoms with E-state index >= 15 is 0 Å². The summed E-state index contributed by atoms with van der Waals surface area (Å²) >= 11 is 0. The van der Waals surface area contributed by atoms with Crippen LogP contribution in [0.15, 0.2) is 47.4 Å². The van der Waals surface area contributed by atoms with Crippen LogP contribution in [0.25, 0.3) is 0 Å². The first-order valence-electron chi connectivity index (χ1n) is 10.3. The van der Waals surface area contributed by atoms with Crippen molar-refractivity contribution in [1.29, 1.82) is 0 Å². The molecule has 0 aliphatic carbocycles. The minimum Gasteiger partial charge on any atom is -0.379 e. The van der Waals surface area contributed by atoms with E-state index in [0.717, 1.165) is 25.1 Å². The van der Waals surface area contributed by atoms with Crippen LogP contribution < -0.4 is 5.56 Å². The van der Waals surface area contributed by atoms with Crippen LogP contribution in [0.5, 0.6) is 0 Å². The fourth-order valence-electron chi connectivity index (χ4n) is 4.47. The van der Waals surface area contributed by atoms with Crippen molar-refractivity contribution in [2.45, 2.75) is 25.9 Å². The van der Waals surface area contributed by atoms with Crippen molar-refractivity contribution in [3.05, 3.63) is 69.6 Å². The molecule has 2 aliphatic rings. The van der Waals surface area contributed by atoms with Gasteiger partial charge in [0.25, 0.3) is 11.5 Å². The maximum Gasteiger partial charge on any atom is 0.263 e. The molecule has 1 aromatic carbocycles. The summed E-state index contributed by atoms with van der Waals surface area (Å²) in [5.74, 6) is 0.123. The van der Waals surface area contributed by atoms with Crippen LogP contribution in [-0.4, -0.2) is 66.2 Å². The van der Waals surface area contributed by atoms with Crippen molar-refractivity contribution in [1.82, 2.24) is 14.4 Å². The number of aryl methyl sites for hydroxylation is 3. The number of hydrogen-bond acceptors (Lipinski definition) is 4. The molecular formula is C23H29N3O3. The first-order chi connectivity index (χ1) is 14.0. The van der Waals surface area contributed by atoms with E-state index in [2.05, 4.69) is 24.1 Å². The highest BCUT2D eigenvalue weighted by molar-refractivity contribution is 5.95. The van der Waals surface area contributed by atoms with E-state index in [1.165, 1.54) is 5.56 Å². The van der Waals surface area contributed by atoms with Gasteiger partial charge in [-0.25, -0.2) is 0 Å². The number of carbonyl (C=O) groups excluding carboxylic acids is 1. The number of likely N-dealkylation sites (N-methyl/N-ethyl adjacent to an activating group) is 1. The third-order valence-electron chi connectivity index (χ3n) is 5.98. The summed E-state index contributed by atoms with van der Waals surface area (Å²) in [5, 5.41) is 0. The first kappa shape index (κ1) is 19.9. The zero-order chi connectivity index (χ0) is 20.4. The Morgan fingerprint density at radius 3 is 2.69 bits per heavy atom. The van der Waals surface area contributed by atoms with Crippen molar-refractivity contribution >= 4 is 5.91 Å². The van der Waals surface area contributed by atoms with Crippen molar-refractivity contribution in [2.24, 2.45) is 5.92 Å². The Bertz CT molecular complexity index is 925. The summed E-state index contributed by atoms with van der Waals surface area (Å²) in [6.07, 6.45) is 2.56. The molecule has 2 fully saturated rings. The lowest BCUT2D eigenvalue weighted by Crippen LogP contribution is -2.47. The van der Waals surface area contributed by atoms with Gasteiger partial charge in [-0.1, -0.05) is 30.3 Å². The van der Waals surface area contributed by atoms with Crippen molar-refractivity contribution in [3.8, 4) is 0 Å². The van der Waals surface area contributed by atoms with Crippen molar-refractivity contribution < 1.29 is 9.53 Å². The number of ether oxygens (including phenoxy) is 1. The number of aromatic nitrogens is 1. The number of fused-ring (bicyclic) bond motifs is 3. The molecule has 2 atom stereocenters. The fraction of sp³-hybridized carbons (Fsp3) is 0.478. The number of amides is 1. The molecule has 4 rings (SSSR count). The normalized spacial score (nSPS) is 22.3. The summed E-state index contributed by atoms with van der Waals surface area (Å²) in [6.45, 7) is 5.93. The van der Waals surface area contributed by atoms with Crippen LogP contribution in [0.3, 0.4) is 0 Å². The van der Waals surface area contributed by atoms with Gasteiger partial charge in [0.05, 0.1) is 19.3 Å². The second-order valence-electron chi connectivity index (χ2n) is 8.34. The fourth-order valence-corrected chi connectivity index (χ4v) is 4.47. The number of carbonyl (C=O) groups is 1. The lowest BCUT2D eigenvalue weighted by atomic mass is 10.1. The number of nitrogens with zero attached hydrogens (tertiary/aromatic N) is 3. The number of pyridine rings is 1. The van der Waals surface area contributed by atoms with E-state index in [1.54, 1.807) is 10.8 Å². The van der Waals surface area contributed by atoms with Gasteiger partial charge in [-0.05, 0) is 37.6 Å². The zero-order valence-corrected chi connectivity index (χ0v) is 17.2. The van der Waals surface area contributed by atoms with Crippen molar-refractivity contribution in [3.63, 3.8) is 0 Å². The minimum atomic E-state index is -0.195. The highest BCUT2D eigenvalue weighted by Crippen LogP contribution is 2.21. The van der Waals surface area contributed by atoms with Gasteiger partial charge >= 0.3 is 0 Å². The van der Waals surface area contributed by atoms with Gasteiger partial charge in [-0.15, -0.1) is 0 Å². The SMILES string of the molecule is Cc1ccn(CCc2ccccc2)c(=O)c1C(=O)N1C[C@H]2COC[C@@H]1CN(C)C2. The molecule has 6 nitrogen and oxygen atoms in total. The molecule has 0 N–H and O–H groups in total. The van der Waals surface area contributed by atoms with E-state index in [4.69, 9.17) is 4.74 Å². The van der Waals surface area contributed by atoms with Gasteiger partial charge in [0.1, 0.15) is 5.56 Å².